The van der Waals surface area contributed by atoms with Gasteiger partial charge >= 0.3 is 0 Å². The highest BCUT2D eigenvalue weighted by Gasteiger charge is 2.06. The van der Waals surface area contributed by atoms with Crippen LogP contribution in [0.1, 0.15) is 0 Å². The molecule has 2 nitrogen and oxygen atoms in total. The van der Waals surface area contributed by atoms with Gasteiger partial charge in [0.25, 0.3) is 0 Å². The summed E-state index contributed by atoms with van der Waals surface area (Å²) in [6.45, 7) is 0.313. The topological polar surface area (TPSA) is 29.3 Å². The third-order valence-corrected chi connectivity index (χ3v) is 2.37. The van der Waals surface area contributed by atoms with Gasteiger partial charge in [0.2, 0.25) is 0 Å². The molecule has 0 spiro atoms. The average molecular weight is 216 g/mol. The number of nitrogens with two attached hydrogens (primary N) is 1. The largest absolute Gasteiger partial charge is 0.328 e. The summed E-state index contributed by atoms with van der Waals surface area (Å²) in [4.78, 5) is 1.85. The highest BCUT2D eigenvalue weighted by Crippen LogP contribution is 2.24. The van der Waals surface area contributed by atoms with Gasteiger partial charge in [-0.1, -0.05) is 24.3 Å². The van der Waals surface area contributed by atoms with E-state index in [9.17, 15) is 4.39 Å². The summed E-state index contributed by atoms with van der Waals surface area (Å²) in [6.07, 6.45) is 0. The quantitative estimate of drug-likeness (QED) is 0.799. The fourth-order valence-corrected chi connectivity index (χ4v) is 1.61. The summed E-state index contributed by atoms with van der Waals surface area (Å²) in [5, 5.41) is 0. The predicted octanol–water partition coefficient (Wildman–Crippen LogP) is 2.88. The number of para-hydroxylation sites is 1. The Bertz CT molecular complexity index is 456. The molecule has 0 saturated heterocycles. The second-order valence-corrected chi connectivity index (χ2v) is 3.43. The van der Waals surface area contributed by atoms with Gasteiger partial charge in [0.05, 0.1) is 6.67 Å². The molecular formula is C13H13FN2. The molecular weight excluding hydrogens is 203 g/mol. The number of rotatable bonds is 3. The van der Waals surface area contributed by atoms with Crippen molar-refractivity contribution >= 4 is 11.4 Å². The molecule has 2 aromatic carbocycles. The predicted molar refractivity (Wildman–Crippen MR) is 64.0 cm³/mol. The van der Waals surface area contributed by atoms with Crippen molar-refractivity contribution in [2.45, 2.75) is 0 Å². The van der Waals surface area contributed by atoms with E-state index >= 15 is 0 Å². The first-order chi connectivity index (χ1) is 7.81. The zero-order valence-electron chi connectivity index (χ0n) is 8.81. The van der Waals surface area contributed by atoms with Crippen LogP contribution in [0.5, 0.6) is 0 Å². The third-order valence-electron chi connectivity index (χ3n) is 2.37. The summed E-state index contributed by atoms with van der Waals surface area (Å²) in [5.41, 5.74) is 7.40. The van der Waals surface area contributed by atoms with Crippen LogP contribution in [0, 0.1) is 5.82 Å². The summed E-state index contributed by atoms with van der Waals surface area (Å²) >= 11 is 0. The Hall–Kier alpha value is -1.87. The summed E-state index contributed by atoms with van der Waals surface area (Å²) in [6, 6.07) is 16.1. The molecule has 0 unspecified atom stereocenters. The van der Waals surface area contributed by atoms with Crippen molar-refractivity contribution in [3.63, 3.8) is 0 Å². The molecule has 0 bridgehead atoms. The summed E-state index contributed by atoms with van der Waals surface area (Å²) < 4.78 is 13.1. The SMILES string of the molecule is NCN(c1ccccc1)c1cccc(F)c1. The molecule has 0 atom stereocenters. The van der Waals surface area contributed by atoms with Gasteiger partial charge in [0.15, 0.2) is 0 Å². The highest BCUT2D eigenvalue weighted by atomic mass is 19.1. The molecule has 0 aliphatic rings. The molecule has 2 rings (SSSR count). The van der Waals surface area contributed by atoms with E-state index in [4.69, 9.17) is 5.73 Å². The number of benzene rings is 2. The van der Waals surface area contributed by atoms with Gasteiger partial charge in [-0.2, -0.15) is 0 Å². The minimum atomic E-state index is -0.258. The van der Waals surface area contributed by atoms with Gasteiger partial charge in [-0.3, -0.25) is 0 Å². The molecule has 0 fully saturated rings. The van der Waals surface area contributed by atoms with Gasteiger partial charge in [-0.05, 0) is 30.3 Å². The van der Waals surface area contributed by atoms with Crippen molar-refractivity contribution in [1.82, 2.24) is 0 Å². The second kappa shape index (κ2) is 4.77. The molecule has 0 aliphatic heterocycles. The van der Waals surface area contributed by atoms with Crippen LogP contribution < -0.4 is 10.6 Å². The van der Waals surface area contributed by atoms with E-state index in [-0.39, 0.29) is 5.82 Å². The Morgan fingerprint density at radius 3 is 2.25 bits per heavy atom. The number of halogens is 1. The van der Waals surface area contributed by atoms with Crippen LogP contribution in [0.25, 0.3) is 0 Å². The van der Waals surface area contributed by atoms with Crippen LogP contribution in [0.3, 0.4) is 0 Å². The fourth-order valence-electron chi connectivity index (χ4n) is 1.61. The number of hydrogen-bond donors (Lipinski definition) is 1. The van der Waals surface area contributed by atoms with Gasteiger partial charge < -0.3 is 10.6 Å². The van der Waals surface area contributed by atoms with E-state index < -0.39 is 0 Å². The third kappa shape index (κ3) is 2.20. The van der Waals surface area contributed by atoms with E-state index in [2.05, 4.69) is 0 Å². The Morgan fingerprint density at radius 1 is 0.938 bits per heavy atom. The van der Waals surface area contributed by atoms with Gasteiger partial charge in [-0.15, -0.1) is 0 Å². The first-order valence-electron chi connectivity index (χ1n) is 5.09. The molecule has 0 radical (unpaired) electrons. The van der Waals surface area contributed by atoms with Crippen molar-refractivity contribution in [1.29, 1.82) is 0 Å². The first-order valence-corrected chi connectivity index (χ1v) is 5.09. The average Bonchev–Trinajstić information content (AvgIpc) is 2.31. The van der Waals surface area contributed by atoms with Gasteiger partial charge in [0.1, 0.15) is 5.82 Å². The van der Waals surface area contributed by atoms with Gasteiger partial charge in [-0.25, -0.2) is 4.39 Å². The number of nitrogens with zero attached hydrogens (tertiary/aromatic N) is 1. The Kier molecular flexibility index (Phi) is 3.17. The monoisotopic (exact) mass is 216 g/mol. The van der Waals surface area contributed by atoms with Crippen LogP contribution in [0.4, 0.5) is 15.8 Å². The lowest BCUT2D eigenvalue weighted by Crippen LogP contribution is -2.24. The lowest BCUT2D eigenvalue weighted by molar-refractivity contribution is 0.627. The highest BCUT2D eigenvalue weighted by molar-refractivity contribution is 5.62. The maximum absolute atomic E-state index is 13.1. The zero-order chi connectivity index (χ0) is 11.4. The van der Waals surface area contributed by atoms with Crippen LogP contribution >= 0.6 is 0 Å². The van der Waals surface area contributed by atoms with Crippen molar-refractivity contribution in [3.8, 4) is 0 Å². The number of hydrogen-bond acceptors (Lipinski definition) is 2. The molecule has 0 aromatic heterocycles. The van der Waals surface area contributed by atoms with Crippen LogP contribution in [0.15, 0.2) is 54.6 Å². The smallest absolute Gasteiger partial charge is 0.125 e. The van der Waals surface area contributed by atoms with Crippen LogP contribution in [-0.4, -0.2) is 6.67 Å². The fraction of sp³-hybridized carbons (Fsp3) is 0.0769. The normalized spacial score (nSPS) is 10.1. The van der Waals surface area contributed by atoms with E-state index in [0.717, 1.165) is 11.4 Å². The lowest BCUT2D eigenvalue weighted by Gasteiger charge is -2.22. The van der Waals surface area contributed by atoms with Crippen LogP contribution in [-0.2, 0) is 0 Å². The molecule has 0 aliphatic carbocycles. The lowest BCUT2D eigenvalue weighted by atomic mass is 10.2. The standard InChI is InChI=1S/C13H13FN2/c14-11-5-4-8-13(9-11)16(10-15)12-6-2-1-3-7-12/h1-9H,10,15H2. The Morgan fingerprint density at radius 2 is 1.62 bits per heavy atom. The van der Waals surface area contributed by atoms with E-state index in [1.54, 1.807) is 6.07 Å². The number of anilines is 2. The maximum Gasteiger partial charge on any atom is 0.125 e. The van der Waals surface area contributed by atoms with E-state index in [0.29, 0.717) is 6.67 Å². The molecule has 16 heavy (non-hydrogen) atoms. The molecule has 3 heteroatoms. The Labute approximate surface area is 94.1 Å². The molecule has 0 amide bonds. The molecule has 2 aromatic rings. The molecule has 82 valence electrons. The van der Waals surface area contributed by atoms with Crippen molar-refractivity contribution < 1.29 is 4.39 Å². The molecule has 0 saturated carbocycles. The zero-order valence-corrected chi connectivity index (χ0v) is 8.81. The minimum absolute atomic E-state index is 0.258. The maximum atomic E-state index is 13.1. The second-order valence-electron chi connectivity index (χ2n) is 3.43. The van der Waals surface area contributed by atoms with Crippen molar-refractivity contribution in [3.05, 3.63) is 60.4 Å². The van der Waals surface area contributed by atoms with E-state index in [1.165, 1.54) is 12.1 Å². The van der Waals surface area contributed by atoms with Crippen molar-refractivity contribution in [2.24, 2.45) is 5.73 Å². The molecule has 2 N–H and O–H groups in total. The summed E-state index contributed by atoms with van der Waals surface area (Å²) in [5.74, 6) is -0.258. The van der Waals surface area contributed by atoms with E-state index in [1.807, 2.05) is 41.3 Å². The van der Waals surface area contributed by atoms with Crippen LogP contribution in [0.2, 0.25) is 0 Å². The first kappa shape index (κ1) is 10.6. The molecule has 0 heterocycles. The van der Waals surface area contributed by atoms with Crippen molar-refractivity contribution in [2.75, 3.05) is 11.6 Å². The van der Waals surface area contributed by atoms with Gasteiger partial charge in [0, 0.05) is 11.4 Å². The Balaban J connectivity index is 2.37. The minimum Gasteiger partial charge on any atom is -0.328 e. The summed E-state index contributed by atoms with van der Waals surface area (Å²) in [7, 11) is 0.